The van der Waals surface area contributed by atoms with Crippen LogP contribution in [-0.4, -0.2) is 50.4 Å². The van der Waals surface area contributed by atoms with Gasteiger partial charge in [0.1, 0.15) is 23.5 Å². The molecule has 8 heteroatoms. The van der Waals surface area contributed by atoms with E-state index in [1.165, 1.54) is 12.1 Å². The van der Waals surface area contributed by atoms with Crippen molar-refractivity contribution in [2.45, 2.75) is 18.9 Å². The highest BCUT2D eigenvalue weighted by molar-refractivity contribution is 5.79. The number of likely N-dealkylation sites (N-methyl/N-ethyl adjacent to an activating group) is 1. The average Bonchev–Trinajstić information content (AvgIpc) is 3.30. The molecule has 0 saturated carbocycles. The molecule has 1 atom stereocenters. The monoisotopic (exact) mass is 392 g/mol. The zero-order valence-electron chi connectivity index (χ0n) is 16.0. The summed E-state index contributed by atoms with van der Waals surface area (Å²) in [6.45, 7) is 2.08. The minimum Gasteiger partial charge on any atom is -0.432 e. The molecule has 1 fully saturated rings. The van der Waals surface area contributed by atoms with E-state index in [1.54, 1.807) is 30.8 Å². The molecular weight excluding hydrogens is 371 g/mol. The number of benzene rings is 1. The van der Waals surface area contributed by atoms with Gasteiger partial charge in [-0.3, -0.25) is 4.40 Å². The third-order valence-electron chi connectivity index (χ3n) is 5.24. The summed E-state index contributed by atoms with van der Waals surface area (Å²) >= 11 is 0. The Balaban J connectivity index is 1.54. The molecule has 0 bridgehead atoms. The molecule has 5 rings (SSSR count). The van der Waals surface area contributed by atoms with Crippen LogP contribution in [0.15, 0.2) is 53.4 Å². The first-order valence-corrected chi connectivity index (χ1v) is 9.67. The Morgan fingerprint density at radius 3 is 2.86 bits per heavy atom. The molecule has 1 aliphatic rings. The molecule has 29 heavy (non-hydrogen) atoms. The SMILES string of the molecule is CN1CCC[C@@H](Nc2nccc(-c3c(-c4ccc(F)cc4)nc4occn34)n2)C1. The first-order chi connectivity index (χ1) is 14.2. The van der Waals surface area contributed by atoms with Gasteiger partial charge in [-0.25, -0.2) is 14.4 Å². The van der Waals surface area contributed by atoms with Crippen molar-refractivity contribution in [3.05, 3.63) is 54.8 Å². The number of nitrogens with one attached hydrogen (secondary N) is 1. The summed E-state index contributed by atoms with van der Waals surface area (Å²) in [5, 5.41) is 3.46. The maximum absolute atomic E-state index is 13.4. The molecule has 0 unspecified atom stereocenters. The normalized spacial score (nSPS) is 17.7. The fraction of sp³-hybridized carbons (Fsp3) is 0.286. The van der Waals surface area contributed by atoms with E-state index in [0.717, 1.165) is 42.9 Å². The number of likely N-dealkylation sites (tertiary alicyclic amines) is 1. The van der Waals surface area contributed by atoms with Crippen LogP contribution in [-0.2, 0) is 0 Å². The average molecular weight is 392 g/mol. The van der Waals surface area contributed by atoms with Gasteiger partial charge in [0.05, 0.1) is 5.69 Å². The van der Waals surface area contributed by atoms with Gasteiger partial charge in [0, 0.05) is 30.5 Å². The van der Waals surface area contributed by atoms with Crippen molar-refractivity contribution in [1.29, 1.82) is 0 Å². The number of hydrogen-bond acceptors (Lipinski definition) is 6. The van der Waals surface area contributed by atoms with Gasteiger partial charge in [-0.2, -0.15) is 4.98 Å². The van der Waals surface area contributed by atoms with Crippen molar-refractivity contribution in [2.75, 3.05) is 25.5 Å². The third kappa shape index (κ3) is 3.47. The number of hydrogen-bond donors (Lipinski definition) is 1. The zero-order chi connectivity index (χ0) is 19.8. The van der Waals surface area contributed by atoms with E-state index in [1.807, 2.05) is 10.5 Å². The van der Waals surface area contributed by atoms with E-state index in [4.69, 9.17) is 9.40 Å². The van der Waals surface area contributed by atoms with E-state index in [-0.39, 0.29) is 5.82 Å². The molecule has 0 amide bonds. The largest absolute Gasteiger partial charge is 0.432 e. The molecule has 7 nitrogen and oxygen atoms in total. The van der Waals surface area contributed by atoms with Gasteiger partial charge < -0.3 is 14.6 Å². The molecule has 1 N–H and O–H groups in total. The van der Waals surface area contributed by atoms with Crippen molar-refractivity contribution in [1.82, 2.24) is 24.3 Å². The number of halogens is 1. The summed E-state index contributed by atoms with van der Waals surface area (Å²) in [5.74, 6) is 0.761. The molecule has 1 aromatic carbocycles. The van der Waals surface area contributed by atoms with Crippen LogP contribution < -0.4 is 5.32 Å². The Bertz CT molecular complexity index is 1140. The number of rotatable bonds is 4. The summed E-state index contributed by atoms with van der Waals surface area (Å²) in [5.41, 5.74) is 2.99. The van der Waals surface area contributed by atoms with Gasteiger partial charge >= 0.3 is 5.84 Å². The summed E-state index contributed by atoms with van der Waals surface area (Å²) in [7, 11) is 2.13. The molecule has 4 heterocycles. The van der Waals surface area contributed by atoms with Gasteiger partial charge in [0.2, 0.25) is 5.95 Å². The molecule has 4 aromatic rings. The van der Waals surface area contributed by atoms with Crippen molar-refractivity contribution in [2.24, 2.45) is 0 Å². The summed E-state index contributed by atoms with van der Waals surface area (Å²) in [6, 6.07) is 8.43. The number of nitrogens with zero attached hydrogens (tertiary/aromatic N) is 5. The van der Waals surface area contributed by atoms with E-state index in [0.29, 0.717) is 23.5 Å². The summed E-state index contributed by atoms with van der Waals surface area (Å²) < 4.78 is 20.7. The molecule has 0 radical (unpaired) electrons. The number of piperidine rings is 1. The second kappa shape index (κ2) is 7.29. The molecule has 1 saturated heterocycles. The Morgan fingerprint density at radius 1 is 1.17 bits per heavy atom. The quantitative estimate of drug-likeness (QED) is 0.571. The van der Waals surface area contributed by atoms with Crippen molar-refractivity contribution in [3.8, 4) is 22.6 Å². The number of oxazole rings is 1. The van der Waals surface area contributed by atoms with Crippen LogP contribution in [0.1, 0.15) is 12.8 Å². The predicted octanol–water partition coefficient (Wildman–Crippen LogP) is 3.70. The van der Waals surface area contributed by atoms with Crippen molar-refractivity contribution < 1.29 is 8.81 Å². The first kappa shape index (κ1) is 17.8. The van der Waals surface area contributed by atoms with Crippen LogP contribution >= 0.6 is 0 Å². The minimum absolute atomic E-state index is 0.288. The maximum Gasteiger partial charge on any atom is 0.306 e. The van der Waals surface area contributed by atoms with Gasteiger partial charge in [-0.1, -0.05) is 0 Å². The summed E-state index contributed by atoms with van der Waals surface area (Å²) in [4.78, 5) is 16.1. The van der Waals surface area contributed by atoms with Crippen LogP contribution in [0.3, 0.4) is 0 Å². The van der Waals surface area contributed by atoms with E-state index < -0.39 is 0 Å². The van der Waals surface area contributed by atoms with Gasteiger partial charge in [-0.05, 0) is 56.8 Å². The second-order valence-electron chi connectivity index (χ2n) is 7.38. The molecular formula is C21H21FN6O. The molecule has 0 aliphatic carbocycles. The van der Waals surface area contributed by atoms with Gasteiger partial charge in [-0.15, -0.1) is 0 Å². The highest BCUT2D eigenvalue weighted by Crippen LogP contribution is 2.32. The van der Waals surface area contributed by atoms with E-state index in [2.05, 4.69) is 27.2 Å². The minimum atomic E-state index is -0.288. The lowest BCUT2D eigenvalue weighted by molar-refractivity contribution is 0.260. The highest BCUT2D eigenvalue weighted by Gasteiger charge is 2.21. The van der Waals surface area contributed by atoms with Crippen molar-refractivity contribution in [3.63, 3.8) is 0 Å². The highest BCUT2D eigenvalue weighted by atomic mass is 19.1. The Labute approximate surface area is 167 Å². The Kier molecular flexibility index (Phi) is 4.48. The topological polar surface area (TPSA) is 71.5 Å². The first-order valence-electron chi connectivity index (χ1n) is 9.67. The fourth-order valence-electron chi connectivity index (χ4n) is 3.87. The predicted molar refractivity (Wildman–Crippen MR) is 108 cm³/mol. The zero-order valence-corrected chi connectivity index (χ0v) is 16.0. The van der Waals surface area contributed by atoms with Crippen LogP contribution in [0.5, 0.6) is 0 Å². The fourth-order valence-corrected chi connectivity index (χ4v) is 3.87. The van der Waals surface area contributed by atoms with Crippen LogP contribution in [0.4, 0.5) is 10.3 Å². The number of anilines is 1. The van der Waals surface area contributed by atoms with Crippen LogP contribution in [0.2, 0.25) is 0 Å². The molecule has 0 spiro atoms. The van der Waals surface area contributed by atoms with Gasteiger partial charge in [0.25, 0.3) is 0 Å². The van der Waals surface area contributed by atoms with Gasteiger partial charge in [0.15, 0.2) is 0 Å². The second-order valence-corrected chi connectivity index (χ2v) is 7.38. The Hall–Kier alpha value is -3.26. The smallest absolute Gasteiger partial charge is 0.306 e. The number of imidazole rings is 1. The van der Waals surface area contributed by atoms with Crippen LogP contribution in [0, 0.1) is 5.82 Å². The Morgan fingerprint density at radius 2 is 2.03 bits per heavy atom. The molecule has 1 aliphatic heterocycles. The lowest BCUT2D eigenvalue weighted by Crippen LogP contribution is -2.40. The maximum atomic E-state index is 13.4. The van der Waals surface area contributed by atoms with E-state index >= 15 is 0 Å². The van der Waals surface area contributed by atoms with Crippen LogP contribution in [0.25, 0.3) is 28.5 Å². The lowest BCUT2D eigenvalue weighted by Gasteiger charge is -2.30. The number of aromatic nitrogens is 4. The standard InChI is InChI=1S/C21H21FN6O/c1-27-10-2-3-16(13-27)24-20-23-9-8-17(25-20)19-18(14-4-6-15(22)7-5-14)26-21-28(19)11-12-29-21/h4-9,11-12,16H,2-3,10,13H2,1H3,(H,23,24,25)/t16-/m1/s1. The summed E-state index contributed by atoms with van der Waals surface area (Å²) in [6.07, 6.45) is 7.37. The van der Waals surface area contributed by atoms with Crippen molar-refractivity contribution >= 4 is 11.8 Å². The third-order valence-corrected chi connectivity index (χ3v) is 5.24. The van der Waals surface area contributed by atoms with E-state index in [9.17, 15) is 4.39 Å². The lowest BCUT2D eigenvalue weighted by atomic mass is 10.1. The molecule has 3 aromatic heterocycles. The number of fused-ring (bicyclic) bond motifs is 1. The molecule has 148 valence electrons.